The average Bonchev–Trinajstić information content (AvgIpc) is 2.67. The summed E-state index contributed by atoms with van der Waals surface area (Å²) in [7, 11) is 0. The zero-order chi connectivity index (χ0) is 13.9. The monoisotopic (exact) mass is 259 g/mol. The molecule has 1 heterocycles. The first-order chi connectivity index (χ1) is 8.32. The van der Waals surface area contributed by atoms with E-state index in [1.807, 2.05) is 0 Å². The Morgan fingerprint density at radius 1 is 1.50 bits per heavy atom. The zero-order valence-corrected chi connectivity index (χ0v) is 10.0. The Labute approximate surface area is 104 Å². The molecule has 1 rings (SSSR count). The topological polar surface area (TPSA) is 133 Å². The molecule has 0 bridgehead atoms. The van der Waals surface area contributed by atoms with Gasteiger partial charge in [-0.05, 0) is 19.8 Å². The number of rotatable bonds is 5. The lowest BCUT2D eigenvalue weighted by molar-refractivity contribution is -0.178. The van der Waals surface area contributed by atoms with Gasteiger partial charge in [-0.1, -0.05) is 0 Å². The number of ketones is 1. The first-order valence-corrected chi connectivity index (χ1v) is 5.59. The number of hydrogen-bond acceptors (Lipinski definition) is 6. The van der Waals surface area contributed by atoms with Gasteiger partial charge in [0, 0.05) is 6.54 Å². The number of hydroxylamine groups is 2. The van der Waals surface area contributed by atoms with Crippen molar-refractivity contribution < 1.29 is 24.7 Å². The minimum absolute atomic E-state index is 0.120. The van der Waals surface area contributed by atoms with Crippen molar-refractivity contribution in [3.63, 3.8) is 0 Å². The van der Waals surface area contributed by atoms with E-state index in [0.29, 0.717) is 11.5 Å². The molecule has 2 atom stereocenters. The molecule has 0 saturated carbocycles. The molecule has 0 aromatic rings. The quantitative estimate of drug-likeness (QED) is 0.434. The van der Waals surface area contributed by atoms with E-state index in [2.05, 4.69) is 5.32 Å². The number of amides is 1. The molecule has 0 spiro atoms. The molecule has 1 aliphatic rings. The van der Waals surface area contributed by atoms with Crippen LogP contribution in [0.4, 0.5) is 0 Å². The lowest BCUT2D eigenvalue weighted by Gasteiger charge is -2.32. The van der Waals surface area contributed by atoms with Crippen molar-refractivity contribution in [2.75, 3.05) is 13.1 Å². The summed E-state index contributed by atoms with van der Waals surface area (Å²) in [4.78, 5) is 34.4. The van der Waals surface area contributed by atoms with Crippen molar-refractivity contribution in [3.05, 3.63) is 0 Å². The number of Topliss-reactive ketones (excluding diaryl/α,β-unsaturated/α-hetero) is 1. The first-order valence-electron chi connectivity index (χ1n) is 5.59. The molecule has 1 amide bonds. The summed E-state index contributed by atoms with van der Waals surface area (Å²) < 4.78 is 0. The highest BCUT2D eigenvalue weighted by Crippen LogP contribution is 2.29. The Morgan fingerprint density at radius 2 is 2.11 bits per heavy atom. The molecule has 8 nitrogen and oxygen atoms in total. The van der Waals surface area contributed by atoms with E-state index in [9.17, 15) is 19.6 Å². The number of nitrogens with one attached hydrogen (secondary N) is 1. The zero-order valence-electron chi connectivity index (χ0n) is 10.0. The summed E-state index contributed by atoms with van der Waals surface area (Å²) in [5, 5.41) is 21.0. The largest absolute Gasteiger partial charge is 0.480 e. The van der Waals surface area contributed by atoms with Gasteiger partial charge in [0.1, 0.15) is 6.54 Å². The fourth-order valence-corrected chi connectivity index (χ4v) is 2.08. The summed E-state index contributed by atoms with van der Waals surface area (Å²) in [5.74, 6) is -2.67. The Morgan fingerprint density at radius 3 is 2.50 bits per heavy atom. The van der Waals surface area contributed by atoms with Crippen molar-refractivity contribution in [3.8, 4) is 0 Å². The number of carbonyl (C=O) groups is 3. The molecule has 2 unspecified atom stereocenters. The highest BCUT2D eigenvalue weighted by Gasteiger charge is 2.54. The minimum atomic E-state index is -1.76. The second kappa shape index (κ2) is 5.42. The molecule has 102 valence electrons. The maximum atomic E-state index is 12.0. The highest BCUT2D eigenvalue weighted by molar-refractivity contribution is 6.13. The molecular weight excluding hydrogens is 242 g/mol. The van der Waals surface area contributed by atoms with Crippen LogP contribution < -0.4 is 11.1 Å². The lowest BCUT2D eigenvalue weighted by atomic mass is 9.87. The summed E-state index contributed by atoms with van der Waals surface area (Å²) in [6.07, 6.45) is 0.574. The van der Waals surface area contributed by atoms with Crippen molar-refractivity contribution >= 4 is 17.7 Å². The standard InChI is InChI=1S/C10H17N3O5/c1-6(11)8(16)10(3-2-4-13(10)18)9(17)12-5-7(14)15/h6,18H,2-5,11H2,1H3,(H,12,17)(H,14,15). The van der Waals surface area contributed by atoms with Crippen molar-refractivity contribution in [1.29, 1.82) is 0 Å². The highest BCUT2D eigenvalue weighted by atomic mass is 16.5. The fourth-order valence-electron chi connectivity index (χ4n) is 2.08. The van der Waals surface area contributed by atoms with Crippen LogP contribution in [0, 0.1) is 0 Å². The predicted octanol–water partition coefficient (Wildman–Crippen LogP) is -1.67. The van der Waals surface area contributed by atoms with Gasteiger partial charge >= 0.3 is 5.97 Å². The molecule has 0 aromatic heterocycles. The predicted molar refractivity (Wildman–Crippen MR) is 59.8 cm³/mol. The van der Waals surface area contributed by atoms with E-state index in [0.717, 1.165) is 0 Å². The molecule has 18 heavy (non-hydrogen) atoms. The molecule has 1 saturated heterocycles. The molecule has 8 heteroatoms. The van der Waals surface area contributed by atoms with Gasteiger partial charge in [0.25, 0.3) is 5.91 Å². The molecule has 0 aliphatic carbocycles. The number of carbonyl (C=O) groups excluding carboxylic acids is 2. The third-order valence-corrected chi connectivity index (χ3v) is 2.95. The lowest BCUT2D eigenvalue weighted by Crippen LogP contribution is -2.63. The van der Waals surface area contributed by atoms with Gasteiger partial charge in [0.15, 0.2) is 11.3 Å². The Kier molecular flexibility index (Phi) is 4.38. The first kappa shape index (κ1) is 14.6. The van der Waals surface area contributed by atoms with Crippen LogP contribution in [0.15, 0.2) is 0 Å². The van der Waals surface area contributed by atoms with E-state index in [1.165, 1.54) is 6.92 Å². The maximum absolute atomic E-state index is 12.0. The fraction of sp³-hybridized carbons (Fsp3) is 0.700. The van der Waals surface area contributed by atoms with Crippen molar-refractivity contribution in [2.45, 2.75) is 31.3 Å². The summed E-state index contributed by atoms with van der Waals surface area (Å²) >= 11 is 0. The van der Waals surface area contributed by atoms with E-state index < -0.39 is 35.8 Å². The molecule has 5 N–H and O–H groups in total. The average molecular weight is 259 g/mol. The Hall–Kier alpha value is -1.51. The SMILES string of the molecule is CC(N)C(=O)C1(C(=O)NCC(=O)O)CCCN1O. The summed E-state index contributed by atoms with van der Waals surface area (Å²) in [6.45, 7) is 0.973. The normalized spacial score (nSPS) is 25.7. The third-order valence-electron chi connectivity index (χ3n) is 2.95. The van der Waals surface area contributed by atoms with Gasteiger partial charge in [-0.3, -0.25) is 14.4 Å². The van der Waals surface area contributed by atoms with Crippen LogP contribution in [0.1, 0.15) is 19.8 Å². The molecular formula is C10H17N3O5. The van der Waals surface area contributed by atoms with Crippen molar-refractivity contribution in [2.24, 2.45) is 5.73 Å². The van der Waals surface area contributed by atoms with Crippen LogP contribution in [0.25, 0.3) is 0 Å². The Balaban J connectivity index is 2.95. The minimum Gasteiger partial charge on any atom is -0.480 e. The van der Waals surface area contributed by atoms with E-state index in [1.54, 1.807) is 0 Å². The van der Waals surface area contributed by atoms with Gasteiger partial charge in [0.2, 0.25) is 0 Å². The molecule has 0 aromatic carbocycles. The van der Waals surface area contributed by atoms with Crippen LogP contribution >= 0.6 is 0 Å². The van der Waals surface area contributed by atoms with Crippen molar-refractivity contribution in [1.82, 2.24) is 10.4 Å². The molecule has 0 radical (unpaired) electrons. The number of carboxylic acids is 1. The second-order valence-corrected chi connectivity index (χ2v) is 4.32. The number of nitrogens with two attached hydrogens (primary N) is 1. The van der Waals surface area contributed by atoms with Gasteiger partial charge in [0.05, 0.1) is 6.04 Å². The maximum Gasteiger partial charge on any atom is 0.322 e. The molecule has 1 fully saturated rings. The summed E-state index contributed by atoms with van der Waals surface area (Å²) in [5.41, 5.74) is 3.71. The van der Waals surface area contributed by atoms with Gasteiger partial charge in [-0.25, -0.2) is 0 Å². The van der Waals surface area contributed by atoms with Crippen LogP contribution in [-0.2, 0) is 14.4 Å². The molecule has 1 aliphatic heterocycles. The van der Waals surface area contributed by atoms with Crippen LogP contribution in [-0.4, -0.2) is 57.7 Å². The van der Waals surface area contributed by atoms with Crippen LogP contribution in [0.2, 0.25) is 0 Å². The third kappa shape index (κ3) is 2.50. The summed E-state index contributed by atoms with van der Waals surface area (Å²) in [6, 6.07) is -0.923. The van der Waals surface area contributed by atoms with Gasteiger partial charge in [-0.15, -0.1) is 0 Å². The van der Waals surface area contributed by atoms with E-state index in [-0.39, 0.29) is 13.0 Å². The number of carboxylic acid groups (broad SMARTS) is 1. The van der Waals surface area contributed by atoms with Gasteiger partial charge in [-0.2, -0.15) is 5.06 Å². The Bertz CT molecular complexity index is 371. The number of aliphatic carboxylic acids is 1. The smallest absolute Gasteiger partial charge is 0.322 e. The second-order valence-electron chi connectivity index (χ2n) is 4.32. The van der Waals surface area contributed by atoms with E-state index in [4.69, 9.17) is 10.8 Å². The number of hydrogen-bond donors (Lipinski definition) is 4. The van der Waals surface area contributed by atoms with E-state index >= 15 is 0 Å². The number of nitrogens with zero attached hydrogens (tertiary/aromatic N) is 1. The van der Waals surface area contributed by atoms with Gasteiger partial charge < -0.3 is 21.4 Å². The van der Waals surface area contributed by atoms with Crippen LogP contribution in [0.3, 0.4) is 0 Å². The van der Waals surface area contributed by atoms with Crippen LogP contribution in [0.5, 0.6) is 0 Å².